The van der Waals surface area contributed by atoms with Crippen LogP contribution in [0.25, 0.3) is 0 Å². The molecule has 2 atom stereocenters. The van der Waals surface area contributed by atoms with Gasteiger partial charge in [0.15, 0.2) is 0 Å². The molecule has 0 bridgehead atoms. The molecule has 2 rings (SSSR count). The molecular weight excluding hydrogens is 226 g/mol. The lowest BCUT2D eigenvalue weighted by Gasteiger charge is -2.32. The van der Waals surface area contributed by atoms with Crippen molar-refractivity contribution in [1.82, 2.24) is 10.3 Å². The molecule has 1 aliphatic rings. The van der Waals surface area contributed by atoms with E-state index < -0.39 is 0 Å². The summed E-state index contributed by atoms with van der Waals surface area (Å²) in [5.41, 5.74) is 1.29. The van der Waals surface area contributed by atoms with Gasteiger partial charge in [-0.2, -0.15) is 0 Å². The number of nitrogens with one attached hydrogen (secondary N) is 1. The van der Waals surface area contributed by atoms with Crippen LogP contribution < -0.4 is 10.2 Å². The molecule has 1 aromatic rings. The molecule has 0 saturated carbocycles. The van der Waals surface area contributed by atoms with Crippen molar-refractivity contribution in [1.29, 1.82) is 0 Å². The predicted molar refractivity (Wildman–Crippen MR) is 74.0 cm³/mol. The van der Waals surface area contributed by atoms with Crippen molar-refractivity contribution in [2.45, 2.75) is 32.9 Å². The quantitative estimate of drug-likeness (QED) is 0.885. The van der Waals surface area contributed by atoms with Gasteiger partial charge in [-0.05, 0) is 38.1 Å². The number of ether oxygens (including phenoxy) is 1. The molecule has 0 aromatic carbocycles. The number of rotatable bonds is 4. The Balaban J connectivity index is 2.11. The lowest BCUT2D eigenvalue weighted by atomic mass is 10.1. The zero-order chi connectivity index (χ0) is 13.0. The van der Waals surface area contributed by atoms with Crippen molar-refractivity contribution >= 4 is 5.82 Å². The summed E-state index contributed by atoms with van der Waals surface area (Å²) in [5, 5.41) is 3.43. The van der Waals surface area contributed by atoms with E-state index in [9.17, 15) is 0 Å². The Morgan fingerprint density at radius 3 is 3.17 bits per heavy atom. The number of anilines is 1. The van der Waals surface area contributed by atoms with Crippen LogP contribution in [0.1, 0.15) is 32.4 Å². The zero-order valence-corrected chi connectivity index (χ0v) is 11.5. The third kappa shape index (κ3) is 3.21. The van der Waals surface area contributed by atoms with Gasteiger partial charge in [0.05, 0.1) is 12.7 Å². The molecule has 1 saturated heterocycles. The van der Waals surface area contributed by atoms with Crippen molar-refractivity contribution in [3.05, 3.63) is 23.9 Å². The molecule has 2 heterocycles. The first-order valence-corrected chi connectivity index (χ1v) is 6.76. The number of morpholine rings is 1. The summed E-state index contributed by atoms with van der Waals surface area (Å²) in [6, 6.07) is 4.64. The highest BCUT2D eigenvalue weighted by molar-refractivity contribution is 5.42. The number of pyridine rings is 1. The zero-order valence-electron chi connectivity index (χ0n) is 11.5. The van der Waals surface area contributed by atoms with E-state index in [2.05, 4.69) is 48.1 Å². The molecule has 4 heteroatoms. The van der Waals surface area contributed by atoms with Gasteiger partial charge in [-0.25, -0.2) is 4.98 Å². The van der Waals surface area contributed by atoms with Gasteiger partial charge >= 0.3 is 0 Å². The summed E-state index contributed by atoms with van der Waals surface area (Å²) in [7, 11) is 0. The van der Waals surface area contributed by atoms with Crippen LogP contribution in [0.2, 0.25) is 0 Å². The normalized spacial score (nSPS) is 21.9. The molecule has 1 fully saturated rings. The minimum Gasteiger partial charge on any atom is -0.375 e. The molecule has 0 radical (unpaired) electrons. The van der Waals surface area contributed by atoms with Crippen LogP contribution in [0, 0.1) is 0 Å². The predicted octanol–water partition coefficient (Wildman–Crippen LogP) is 1.98. The fraction of sp³-hybridized carbons (Fsp3) is 0.643. The topological polar surface area (TPSA) is 37.4 Å². The van der Waals surface area contributed by atoms with E-state index in [1.807, 2.05) is 6.20 Å². The van der Waals surface area contributed by atoms with Gasteiger partial charge in [0.25, 0.3) is 0 Å². The molecular formula is C14H23N3O. The Morgan fingerprint density at radius 1 is 1.61 bits per heavy atom. The number of hydrogen-bond donors (Lipinski definition) is 1. The minimum absolute atomic E-state index is 0.287. The van der Waals surface area contributed by atoms with Crippen LogP contribution in [0.5, 0.6) is 0 Å². The van der Waals surface area contributed by atoms with Crippen LogP contribution in [-0.2, 0) is 4.74 Å². The SMILES string of the molecule is CCNC(C)c1ccnc(N2CCOC(C)C2)c1. The Bertz CT molecular complexity index is 383. The van der Waals surface area contributed by atoms with Crippen molar-refractivity contribution in [3.63, 3.8) is 0 Å². The molecule has 100 valence electrons. The van der Waals surface area contributed by atoms with Gasteiger partial charge in [0, 0.05) is 25.3 Å². The molecule has 2 unspecified atom stereocenters. The summed E-state index contributed by atoms with van der Waals surface area (Å²) >= 11 is 0. The standard InChI is InChI=1S/C14H23N3O/c1-4-15-12(3)13-5-6-16-14(9-13)17-7-8-18-11(2)10-17/h5-6,9,11-12,15H,4,7-8,10H2,1-3H3. The van der Waals surface area contributed by atoms with E-state index in [1.54, 1.807) is 0 Å². The maximum Gasteiger partial charge on any atom is 0.128 e. The smallest absolute Gasteiger partial charge is 0.128 e. The van der Waals surface area contributed by atoms with Crippen molar-refractivity contribution in [3.8, 4) is 0 Å². The highest BCUT2D eigenvalue weighted by Crippen LogP contribution is 2.20. The Hall–Kier alpha value is -1.13. The van der Waals surface area contributed by atoms with Gasteiger partial charge in [0.1, 0.15) is 5.82 Å². The van der Waals surface area contributed by atoms with Crippen molar-refractivity contribution < 1.29 is 4.74 Å². The summed E-state index contributed by atoms with van der Waals surface area (Å²) in [5.74, 6) is 1.06. The molecule has 18 heavy (non-hydrogen) atoms. The number of nitrogens with zero attached hydrogens (tertiary/aromatic N) is 2. The van der Waals surface area contributed by atoms with Crippen LogP contribution in [0.15, 0.2) is 18.3 Å². The Labute approximate surface area is 109 Å². The third-order valence-electron chi connectivity index (χ3n) is 3.34. The molecule has 1 N–H and O–H groups in total. The Kier molecular flexibility index (Phi) is 4.55. The fourth-order valence-corrected chi connectivity index (χ4v) is 2.33. The van der Waals surface area contributed by atoms with E-state index in [0.717, 1.165) is 32.1 Å². The number of hydrogen-bond acceptors (Lipinski definition) is 4. The minimum atomic E-state index is 0.287. The molecule has 1 aromatic heterocycles. The van der Waals surface area contributed by atoms with E-state index in [1.165, 1.54) is 5.56 Å². The average molecular weight is 249 g/mol. The first kappa shape index (κ1) is 13.3. The van der Waals surface area contributed by atoms with Crippen molar-refractivity contribution in [2.24, 2.45) is 0 Å². The molecule has 0 amide bonds. The Morgan fingerprint density at radius 2 is 2.44 bits per heavy atom. The molecule has 0 aliphatic carbocycles. The second-order valence-electron chi connectivity index (χ2n) is 4.85. The molecule has 4 nitrogen and oxygen atoms in total. The fourth-order valence-electron chi connectivity index (χ4n) is 2.33. The first-order chi connectivity index (χ1) is 8.70. The third-order valence-corrected chi connectivity index (χ3v) is 3.34. The maximum absolute atomic E-state index is 5.56. The van der Waals surface area contributed by atoms with E-state index in [-0.39, 0.29) is 6.10 Å². The van der Waals surface area contributed by atoms with E-state index >= 15 is 0 Å². The summed E-state index contributed by atoms with van der Waals surface area (Å²) in [6.45, 7) is 10.0. The van der Waals surface area contributed by atoms with E-state index in [0.29, 0.717) is 6.04 Å². The summed E-state index contributed by atoms with van der Waals surface area (Å²) in [4.78, 5) is 6.78. The second-order valence-corrected chi connectivity index (χ2v) is 4.85. The average Bonchev–Trinajstić information content (AvgIpc) is 2.39. The lowest BCUT2D eigenvalue weighted by Crippen LogP contribution is -2.41. The maximum atomic E-state index is 5.56. The van der Waals surface area contributed by atoms with Gasteiger partial charge in [-0.1, -0.05) is 6.92 Å². The van der Waals surface area contributed by atoms with Crippen molar-refractivity contribution in [2.75, 3.05) is 31.1 Å². The first-order valence-electron chi connectivity index (χ1n) is 6.76. The van der Waals surface area contributed by atoms with Gasteiger partial charge in [0.2, 0.25) is 0 Å². The van der Waals surface area contributed by atoms with Gasteiger partial charge in [-0.3, -0.25) is 0 Å². The monoisotopic (exact) mass is 249 g/mol. The lowest BCUT2D eigenvalue weighted by molar-refractivity contribution is 0.0529. The van der Waals surface area contributed by atoms with Crippen LogP contribution >= 0.6 is 0 Å². The van der Waals surface area contributed by atoms with Crippen LogP contribution in [-0.4, -0.2) is 37.3 Å². The highest BCUT2D eigenvalue weighted by Gasteiger charge is 2.18. The van der Waals surface area contributed by atoms with Gasteiger partial charge in [-0.15, -0.1) is 0 Å². The van der Waals surface area contributed by atoms with Crippen LogP contribution in [0.3, 0.4) is 0 Å². The summed E-state index contributed by atoms with van der Waals surface area (Å²) < 4.78 is 5.56. The molecule has 1 aliphatic heterocycles. The number of aromatic nitrogens is 1. The largest absolute Gasteiger partial charge is 0.375 e. The second kappa shape index (κ2) is 6.16. The van der Waals surface area contributed by atoms with E-state index in [4.69, 9.17) is 4.74 Å². The summed E-state index contributed by atoms with van der Waals surface area (Å²) in [6.07, 6.45) is 2.19. The highest BCUT2D eigenvalue weighted by atomic mass is 16.5. The van der Waals surface area contributed by atoms with Crippen LogP contribution in [0.4, 0.5) is 5.82 Å². The van der Waals surface area contributed by atoms with Gasteiger partial charge < -0.3 is 15.0 Å². The molecule has 0 spiro atoms.